The van der Waals surface area contributed by atoms with Crippen molar-refractivity contribution in [1.29, 1.82) is 0 Å². The van der Waals surface area contributed by atoms with Crippen molar-refractivity contribution in [1.82, 2.24) is 9.88 Å². The zero-order valence-corrected chi connectivity index (χ0v) is 19.5. The molecule has 0 bridgehead atoms. The van der Waals surface area contributed by atoms with Crippen LogP contribution in [0.5, 0.6) is 5.75 Å². The van der Waals surface area contributed by atoms with Gasteiger partial charge in [-0.05, 0) is 74.0 Å². The summed E-state index contributed by atoms with van der Waals surface area (Å²) in [7, 11) is 0. The molecule has 0 radical (unpaired) electrons. The second kappa shape index (κ2) is 10.8. The molecular formula is C25H29ClN4O3. The minimum Gasteiger partial charge on any atom is -0.484 e. The lowest BCUT2D eigenvalue weighted by Gasteiger charge is -2.23. The Morgan fingerprint density at radius 2 is 1.94 bits per heavy atom. The SMILES string of the molecule is Cc1cc(N2CCCN(CCO)CC2)nc2ccc(NC(=O)COc3ccc(Cl)cc3)cc12. The smallest absolute Gasteiger partial charge is 0.262 e. The standard InChI is InChI=1S/C25H29ClN4O3/c1-18-15-24(30-10-2-9-29(11-12-30)13-14-31)28-23-8-5-20(16-22(18)23)27-25(32)17-33-21-6-3-19(26)4-7-21/h3-8,15-16,31H,2,9-14,17H2,1H3,(H,27,32). The molecule has 33 heavy (non-hydrogen) atoms. The number of carbonyl (C=O) groups excluding carboxylic acids is 1. The molecule has 0 saturated carbocycles. The molecule has 8 heteroatoms. The van der Waals surface area contributed by atoms with Crippen LogP contribution in [0.3, 0.4) is 0 Å². The monoisotopic (exact) mass is 468 g/mol. The van der Waals surface area contributed by atoms with E-state index < -0.39 is 0 Å². The number of ether oxygens (including phenoxy) is 1. The van der Waals surface area contributed by atoms with E-state index in [1.54, 1.807) is 24.3 Å². The van der Waals surface area contributed by atoms with Gasteiger partial charge in [0.25, 0.3) is 5.91 Å². The van der Waals surface area contributed by atoms with E-state index >= 15 is 0 Å². The number of benzene rings is 2. The highest BCUT2D eigenvalue weighted by Crippen LogP contribution is 2.26. The molecule has 174 valence electrons. The molecule has 2 N–H and O–H groups in total. The van der Waals surface area contributed by atoms with Gasteiger partial charge in [-0.3, -0.25) is 9.69 Å². The average molecular weight is 469 g/mol. The van der Waals surface area contributed by atoms with Crippen molar-refractivity contribution in [2.24, 2.45) is 0 Å². The Bertz CT molecular complexity index is 1110. The molecule has 7 nitrogen and oxygen atoms in total. The highest BCUT2D eigenvalue weighted by Gasteiger charge is 2.17. The second-order valence-electron chi connectivity index (χ2n) is 8.23. The molecule has 0 spiro atoms. The maximum Gasteiger partial charge on any atom is 0.262 e. The fourth-order valence-corrected chi connectivity index (χ4v) is 4.18. The highest BCUT2D eigenvalue weighted by atomic mass is 35.5. The van der Waals surface area contributed by atoms with Crippen LogP contribution in [0.1, 0.15) is 12.0 Å². The quantitative estimate of drug-likeness (QED) is 0.550. The zero-order valence-electron chi connectivity index (χ0n) is 18.8. The van der Waals surface area contributed by atoms with E-state index in [1.807, 2.05) is 18.2 Å². The number of aromatic nitrogens is 1. The predicted octanol–water partition coefficient (Wildman–Crippen LogP) is 3.72. The first-order chi connectivity index (χ1) is 16.0. The normalized spacial score (nSPS) is 14.8. The summed E-state index contributed by atoms with van der Waals surface area (Å²) in [6.45, 7) is 6.64. The third-order valence-electron chi connectivity index (χ3n) is 5.80. The number of fused-ring (bicyclic) bond motifs is 1. The summed E-state index contributed by atoms with van der Waals surface area (Å²) >= 11 is 5.87. The molecule has 2 aromatic carbocycles. The molecule has 1 aromatic heterocycles. The van der Waals surface area contributed by atoms with Crippen LogP contribution in [0, 0.1) is 6.92 Å². The maximum absolute atomic E-state index is 12.3. The summed E-state index contributed by atoms with van der Waals surface area (Å²) in [6.07, 6.45) is 1.04. The topological polar surface area (TPSA) is 77.9 Å². The number of rotatable bonds is 7. The van der Waals surface area contributed by atoms with Gasteiger partial charge in [-0.2, -0.15) is 0 Å². The van der Waals surface area contributed by atoms with Gasteiger partial charge in [-0.15, -0.1) is 0 Å². The maximum atomic E-state index is 12.3. The predicted molar refractivity (Wildman–Crippen MR) is 132 cm³/mol. The van der Waals surface area contributed by atoms with E-state index in [9.17, 15) is 9.90 Å². The number of aryl methyl sites for hydroxylation is 1. The van der Waals surface area contributed by atoms with Crippen LogP contribution < -0.4 is 15.0 Å². The Morgan fingerprint density at radius 1 is 1.12 bits per heavy atom. The number of aliphatic hydroxyl groups is 1. The molecular weight excluding hydrogens is 440 g/mol. The Morgan fingerprint density at radius 3 is 2.73 bits per heavy atom. The highest BCUT2D eigenvalue weighted by molar-refractivity contribution is 6.30. The molecule has 2 heterocycles. The van der Waals surface area contributed by atoms with Crippen LogP contribution >= 0.6 is 11.6 Å². The number of pyridine rings is 1. The van der Waals surface area contributed by atoms with E-state index in [0.29, 0.717) is 16.5 Å². The summed E-state index contributed by atoms with van der Waals surface area (Å²) in [6, 6.07) is 14.8. The first kappa shape index (κ1) is 23.3. The first-order valence-electron chi connectivity index (χ1n) is 11.2. The van der Waals surface area contributed by atoms with Gasteiger partial charge in [-0.1, -0.05) is 11.6 Å². The van der Waals surface area contributed by atoms with Crippen LogP contribution in [0.15, 0.2) is 48.5 Å². The van der Waals surface area contributed by atoms with Crippen molar-refractivity contribution in [2.45, 2.75) is 13.3 Å². The van der Waals surface area contributed by atoms with Crippen molar-refractivity contribution in [3.63, 3.8) is 0 Å². The van der Waals surface area contributed by atoms with Crippen molar-refractivity contribution < 1.29 is 14.6 Å². The number of aliphatic hydroxyl groups excluding tert-OH is 1. The molecule has 1 saturated heterocycles. The summed E-state index contributed by atoms with van der Waals surface area (Å²) in [5.41, 5.74) is 2.72. The number of β-amino-alcohol motifs (C(OH)–C–C–N with tert-alkyl or cyclic N) is 1. The van der Waals surface area contributed by atoms with E-state index in [2.05, 4.69) is 28.1 Å². The number of halogens is 1. The van der Waals surface area contributed by atoms with Crippen LogP contribution in [0.4, 0.5) is 11.5 Å². The zero-order chi connectivity index (χ0) is 23.2. The molecule has 3 aromatic rings. The lowest BCUT2D eigenvalue weighted by molar-refractivity contribution is -0.118. The third-order valence-corrected chi connectivity index (χ3v) is 6.05. The van der Waals surface area contributed by atoms with Crippen LogP contribution in [0.2, 0.25) is 5.02 Å². The minimum absolute atomic E-state index is 0.0852. The number of nitrogens with zero attached hydrogens (tertiary/aromatic N) is 3. The molecule has 1 aliphatic heterocycles. The van der Waals surface area contributed by atoms with Crippen molar-refractivity contribution in [3.05, 3.63) is 59.1 Å². The summed E-state index contributed by atoms with van der Waals surface area (Å²) in [5, 5.41) is 13.7. The Labute approximate surface area is 198 Å². The summed E-state index contributed by atoms with van der Waals surface area (Å²) in [4.78, 5) is 21.8. The molecule has 4 rings (SSSR count). The molecule has 0 aliphatic carbocycles. The van der Waals surface area contributed by atoms with Gasteiger partial charge >= 0.3 is 0 Å². The van der Waals surface area contributed by atoms with Gasteiger partial charge in [0.15, 0.2) is 6.61 Å². The molecule has 1 aliphatic rings. The number of amides is 1. The molecule has 0 unspecified atom stereocenters. The molecule has 1 fully saturated rings. The van der Waals surface area contributed by atoms with E-state index in [0.717, 1.165) is 61.4 Å². The first-order valence-corrected chi connectivity index (χ1v) is 11.6. The average Bonchev–Trinajstić information content (AvgIpc) is 3.05. The van der Waals surface area contributed by atoms with Crippen molar-refractivity contribution in [3.8, 4) is 5.75 Å². The van der Waals surface area contributed by atoms with Crippen molar-refractivity contribution in [2.75, 3.05) is 56.2 Å². The van der Waals surface area contributed by atoms with Gasteiger partial charge in [0.2, 0.25) is 0 Å². The van der Waals surface area contributed by atoms with E-state index in [-0.39, 0.29) is 19.1 Å². The molecule has 0 atom stereocenters. The number of hydrogen-bond acceptors (Lipinski definition) is 6. The largest absolute Gasteiger partial charge is 0.484 e. The number of anilines is 2. The number of carbonyl (C=O) groups is 1. The van der Waals surface area contributed by atoms with Gasteiger partial charge < -0.3 is 20.1 Å². The van der Waals surface area contributed by atoms with Gasteiger partial charge in [0.1, 0.15) is 11.6 Å². The second-order valence-corrected chi connectivity index (χ2v) is 8.66. The third kappa shape index (κ3) is 6.13. The van der Waals surface area contributed by atoms with Crippen LogP contribution in [-0.4, -0.2) is 66.8 Å². The lowest BCUT2D eigenvalue weighted by atomic mass is 10.1. The Balaban J connectivity index is 1.42. The number of nitrogens with one attached hydrogen (secondary N) is 1. The fraction of sp³-hybridized carbons (Fsp3) is 0.360. The minimum atomic E-state index is -0.233. The fourth-order valence-electron chi connectivity index (χ4n) is 4.06. The Hall–Kier alpha value is -2.87. The number of hydrogen-bond donors (Lipinski definition) is 2. The Kier molecular flexibility index (Phi) is 7.65. The summed E-state index contributed by atoms with van der Waals surface area (Å²) < 4.78 is 5.52. The van der Waals surface area contributed by atoms with Gasteiger partial charge in [0, 0.05) is 42.3 Å². The lowest BCUT2D eigenvalue weighted by Crippen LogP contribution is -2.32. The van der Waals surface area contributed by atoms with Gasteiger partial charge in [0.05, 0.1) is 12.1 Å². The van der Waals surface area contributed by atoms with Crippen LogP contribution in [-0.2, 0) is 4.79 Å². The van der Waals surface area contributed by atoms with Crippen LogP contribution in [0.25, 0.3) is 10.9 Å². The van der Waals surface area contributed by atoms with Gasteiger partial charge in [-0.25, -0.2) is 4.98 Å². The van der Waals surface area contributed by atoms with E-state index in [4.69, 9.17) is 21.3 Å². The summed E-state index contributed by atoms with van der Waals surface area (Å²) in [5.74, 6) is 1.33. The van der Waals surface area contributed by atoms with Crippen molar-refractivity contribution >= 4 is 39.9 Å². The molecule has 1 amide bonds. The van der Waals surface area contributed by atoms with E-state index in [1.165, 1.54) is 0 Å².